The van der Waals surface area contributed by atoms with Gasteiger partial charge in [0.25, 0.3) is 0 Å². The van der Waals surface area contributed by atoms with E-state index in [4.69, 9.17) is 5.73 Å². The van der Waals surface area contributed by atoms with Crippen molar-refractivity contribution >= 4 is 5.96 Å². The Bertz CT molecular complexity index is 315. The molecule has 3 N–H and O–H groups in total. The summed E-state index contributed by atoms with van der Waals surface area (Å²) in [5.41, 5.74) is 5.76. The summed E-state index contributed by atoms with van der Waals surface area (Å²) in [6.07, 6.45) is 3.70. The number of nitrogens with zero attached hydrogens (tertiary/aromatic N) is 3. The van der Waals surface area contributed by atoms with Crippen LogP contribution in [-0.2, 0) is 6.54 Å². The van der Waals surface area contributed by atoms with Crippen molar-refractivity contribution in [2.24, 2.45) is 16.6 Å². The van der Waals surface area contributed by atoms with Crippen LogP contribution in [-0.4, -0.2) is 28.3 Å². The molecule has 0 saturated carbocycles. The summed E-state index contributed by atoms with van der Waals surface area (Å²) in [5.74, 6) is 1.04. The molecule has 1 heterocycles. The highest BCUT2D eigenvalue weighted by Crippen LogP contribution is 1.92. The van der Waals surface area contributed by atoms with E-state index in [0.717, 1.165) is 13.1 Å². The highest BCUT2D eigenvalue weighted by molar-refractivity contribution is 5.78. The maximum atomic E-state index is 5.76. The Morgan fingerprint density at radius 2 is 2.25 bits per heavy atom. The predicted octanol–water partition coefficient (Wildman–Crippen LogP) is 0.832. The van der Waals surface area contributed by atoms with E-state index >= 15 is 0 Å². The molecular weight excluding hydrogens is 202 g/mol. The summed E-state index contributed by atoms with van der Waals surface area (Å²) < 4.78 is 1.87. The number of aliphatic imine (C=N–C) groups is 1. The van der Waals surface area contributed by atoms with Crippen LogP contribution in [0.1, 0.15) is 20.8 Å². The smallest absolute Gasteiger partial charge is 0.188 e. The maximum absolute atomic E-state index is 5.76. The van der Waals surface area contributed by atoms with Gasteiger partial charge in [-0.2, -0.15) is 5.10 Å². The Hall–Kier alpha value is -1.52. The van der Waals surface area contributed by atoms with Crippen molar-refractivity contribution in [3.63, 3.8) is 0 Å². The zero-order valence-electron chi connectivity index (χ0n) is 10.2. The normalized spacial score (nSPS) is 14.1. The van der Waals surface area contributed by atoms with E-state index in [1.54, 1.807) is 6.20 Å². The van der Waals surface area contributed by atoms with Crippen molar-refractivity contribution in [2.45, 2.75) is 33.4 Å². The van der Waals surface area contributed by atoms with Crippen LogP contribution in [0.3, 0.4) is 0 Å². The summed E-state index contributed by atoms with van der Waals surface area (Å²) in [4.78, 5) is 4.25. The van der Waals surface area contributed by atoms with Gasteiger partial charge in [-0.05, 0) is 18.9 Å². The molecule has 0 radical (unpaired) electrons. The molecule has 0 bridgehead atoms. The molecule has 5 heteroatoms. The molecule has 0 aliphatic carbocycles. The van der Waals surface area contributed by atoms with Gasteiger partial charge in [-0.3, -0.25) is 9.67 Å². The molecule has 0 aliphatic heterocycles. The molecule has 1 unspecified atom stereocenters. The molecule has 0 spiro atoms. The fraction of sp³-hybridized carbons (Fsp3) is 0.636. The van der Waals surface area contributed by atoms with Crippen LogP contribution in [0.15, 0.2) is 23.5 Å². The van der Waals surface area contributed by atoms with Gasteiger partial charge in [-0.1, -0.05) is 13.8 Å². The Kier molecular flexibility index (Phi) is 4.82. The van der Waals surface area contributed by atoms with Gasteiger partial charge in [0, 0.05) is 25.0 Å². The molecule has 5 nitrogen and oxygen atoms in total. The van der Waals surface area contributed by atoms with Crippen molar-refractivity contribution in [1.82, 2.24) is 15.1 Å². The summed E-state index contributed by atoms with van der Waals surface area (Å²) in [5, 5.41) is 7.27. The largest absolute Gasteiger partial charge is 0.370 e. The van der Waals surface area contributed by atoms with Crippen molar-refractivity contribution in [3.05, 3.63) is 18.5 Å². The van der Waals surface area contributed by atoms with E-state index in [1.807, 2.05) is 16.9 Å². The number of nitrogens with one attached hydrogen (secondary N) is 1. The van der Waals surface area contributed by atoms with Gasteiger partial charge in [-0.15, -0.1) is 0 Å². The van der Waals surface area contributed by atoms with E-state index in [0.29, 0.717) is 11.9 Å². The van der Waals surface area contributed by atoms with Crippen molar-refractivity contribution in [3.8, 4) is 0 Å². The number of nitrogens with two attached hydrogens (primary N) is 1. The van der Waals surface area contributed by atoms with Gasteiger partial charge in [0.05, 0.1) is 6.54 Å². The van der Waals surface area contributed by atoms with Crippen LogP contribution < -0.4 is 11.1 Å². The first-order valence-electron chi connectivity index (χ1n) is 5.62. The Labute approximate surface area is 96.7 Å². The Morgan fingerprint density at radius 1 is 1.50 bits per heavy atom. The van der Waals surface area contributed by atoms with Crippen LogP contribution in [0.5, 0.6) is 0 Å². The van der Waals surface area contributed by atoms with Crippen LogP contribution in [0.2, 0.25) is 0 Å². The van der Waals surface area contributed by atoms with E-state index in [2.05, 4.69) is 36.2 Å². The SMILES string of the molecule is CC(C)CN=C(N)NC(C)Cn1cccn1. The van der Waals surface area contributed by atoms with Crippen molar-refractivity contribution in [1.29, 1.82) is 0 Å². The van der Waals surface area contributed by atoms with Crippen LogP contribution >= 0.6 is 0 Å². The van der Waals surface area contributed by atoms with Crippen LogP contribution in [0.4, 0.5) is 0 Å². The first-order valence-corrected chi connectivity index (χ1v) is 5.62. The summed E-state index contributed by atoms with van der Waals surface area (Å²) in [6, 6.07) is 2.12. The van der Waals surface area contributed by atoms with Crippen molar-refractivity contribution in [2.75, 3.05) is 6.54 Å². The molecule has 16 heavy (non-hydrogen) atoms. The average molecular weight is 223 g/mol. The summed E-state index contributed by atoms with van der Waals surface area (Å²) in [6.45, 7) is 7.82. The molecule has 1 aromatic heterocycles. The number of hydrogen-bond acceptors (Lipinski definition) is 2. The Morgan fingerprint density at radius 3 is 2.81 bits per heavy atom. The first kappa shape index (κ1) is 12.5. The summed E-state index contributed by atoms with van der Waals surface area (Å²) >= 11 is 0. The molecule has 1 atom stereocenters. The standard InChI is InChI=1S/C11H21N5/c1-9(2)7-13-11(12)15-10(3)8-16-6-4-5-14-16/h4-6,9-10H,7-8H2,1-3H3,(H3,12,13,15). The van der Waals surface area contributed by atoms with Gasteiger partial charge in [0.2, 0.25) is 0 Å². The number of hydrogen-bond donors (Lipinski definition) is 2. The minimum atomic E-state index is 0.218. The van der Waals surface area contributed by atoms with Gasteiger partial charge in [0.15, 0.2) is 5.96 Å². The number of aromatic nitrogens is 2. The van der Waals surface area contributed by atoms with Gasteiger partial charge in [0.1, 0.15) is 0 Å². The molecule has 0 amide bonds. The maximum Gasteiger partial charge on any atom is 0.188 e. The molecule has 1 rings (SSSR count). The van der Waals surface area contributed by atoms with Crippen LogP contribution in [0.25, 0.3) is 0 Å². The monoisotopic (exact) mass is 223 g/mol. The second-order valence-electron chi connectivity index (χ2n) is 4.39. The lowest BCUT2D eigenvalue weighted by atomic mass is 10.2. The minimum absolute atomic E-state index is 0.218. The molecule has 1 aromatic rings. The highest BCUT2D eigenvalue weighted by Gasteiger charge is 2.03. The zero-order valence-corrected chi connectivity index (χ0v) is 10.2. The summed E-state index contributed by atoms with van der Waals surface area (Å²) in [7, 11) is 0. The van der Waals surface area contributed by atoms with Gasteiger partial charge in [-0.25, -0.2) is 0 Å². The van der Waals surface area contributed by atoms with Gasteiger partial charge < -0.3 is 11.1 Å². The molecular formula is C11H21N5. The zero-order chi connectivity index (χ0) is 12.0. The lowest BCUT2D eigenvalue weighted by Crippen LogP contribution is -2.40. The molecule has 0 saturated heterocycles. The van der Waals surface area contributed by atoms with E-state index in [9.17, 15) is 0 Å². The fourth-order valence-corrected chi connectivity index (χ4v) is 1.31. The minimum Gasteiger partial charge on any atom is -0.370 e. The van der Waals surface area contributed by atoms with E-state index in [-0.39, 0.29) is 6.04 Å². The third-order valence-electron chi connectivity index (χ3n) is 2.04. The lowest BCUT2D eigenvalue weighted by molar-refractivity contribution is 0.503. The van der Waals surface area contributed by atoms with Crippen LogP contribution in [0, 0.1) is 5.92 Å². The first-order chi connectivity index (χ1) is 7.58. The van der Waals surface area contributed by atoms with E-state index in [1.165, 1.54) is 0 Å². The Balaban J connectivity index is 2.33. The molecule has 0 fully saturated rings. The van der Waals surface area contributed by atoms with Gasteiger partial charge >= 0.3 is 0 Å². The quantitative estimate of drug-likeness (QED) is 0.574. The average Bonchev–Trinajstić information content (AvgIpc) is 2.67. The third-order valence-corrected chi connectivity index (χ3v) is 2.04. The predicted molar refractivity (Wildman–Crippen MR) is 66.2 cm³/mol. The third kappa shape index (κ3) is 4.82. The molecule has 90 valence electrons. The fourth-order valence-electron chi connectivity index (χ4n) is 1.31. The number of rotatable bonds is 5. The second-order valence-corrected chi connectivity index (χ2v) is 4.39. The number of guanidine groups is 1. The molecule has 0 aromatic carbocycles. The second kappa shape index (κ2) is 6.15. The topological polar surface area (TPSA) is 68.2 Å². The van der Waals surface area contributed by atoms with E-state index < -0.39 is 0 Å². The lowest BCUT2D eigenvalue weighted by Gasteiger charge is -2.14. The molecule has 0 aliphatic rings. The van der Waals surface area contributed by atoms with Crippen molar-refractivity contribution < 1.29 is 0 Å². The highest BCUT2D eigenvalue weighted by atomic mass is 15.3.